The molecule has 152 valence electrons. The maximum atomic E-state index is 12.8. The summed E-state index contributed by atoms with van der Waals surface area (Å²) in [5.41, 5.74) is 1.53. The summed E-state index contributed by atoms with van der Waals surface area (Å²) in [6.07, 6.45) is 0. The van der Waals surface area contributed by atoms with Crippen LogP contribution in [-0.4, -0.2) is 67.1 Å². The highest BCUT2D eigenvalue weighted by Gasteiger charge is 2.23. The van der Waals surface area contributed by atoms with Crippen molar-refractivity contribution in [3.63, 3.8) is 0 Å². The van der Waals surface area contributed by atoms with E-state index in [-0.39, 0.29) is 5.91 Å². The average molecular weight is 414 g/mol. The third-order valence-electron chi connectivity index (χ3n) is 5.19. The van der Waals surface area contributed by atoms with Crippen molar-refractivity contribution < 1.29 is 14.3 Å². The van der Waals surface area contributed by atoms with Gasteiger partial charge in [-0.3, -0.25) is 9.69 Å². The van der Waals surface area contributed by atoms with Crippen LogP contribution in [0.4, 0.5) is 0 Å². The number of benzene rings is 2. The van der Waals surface area contributed by atoms with E-state index >= 15 is 0 Å². The maximum absolute atomic E-state index is 12.8. The molecule has 0 radical (unpaired) electrons. The van der Waals surface area contributed by atoms with Crippen molar-refractivity contribution in [3.8, 4) is 11.5 Å². The number of ether oxygens (including phenoxy) is 2. The van der Waals surface area contributed by atoms with Gasteiger partial charge in [0.25, 0.3) is 5.91 Å². The van der Waals surface area contributed by atoms with Gasteiger partial charge in [0, 0.05) is 54.7 Å². The number of aromatic nitrogens is 1. The molecule has 1 N–H and O–H groups in total. The number of nitrogens with zero attached hydrogens (tertiary/aromatic N) is 2. The molecule has 1 aliphatic rings. The first-order valence-corrected chi connectivity index (χ1v) is 10.1. The third kappa shape index (κ3) is 4.66. The number of hydrogen-bond donors (Lipinski definition) is 1. The van der Waals surface area contributed by atoms with E-state index in [9.17, 15) is 4.79 Å². The number of nitrogens with one attached hydrogen (secondary N) is 1. The van der Waals surface area contributed by atoms with Crippen LogP contribution in [0.15, 0.2) is 48.5 Å². The van der Waals surface area contributed by atoms with E-state index in [0.717, 1.165) is 42.0 Å². The molecule has 7 heteroatoms. The van der Waals surface area contributed by atoms with Crippen LogP contribution in [0.25, 0.3) is 10.9 Å². The van der Waals surface area contributed by atoms with E-state index in [0.29, 0.717) is 30.4 Å². The zero-order valence-electron chi connectivity index (χ0n) is 16.4. The van der Waals surface area contributed by atoms with Gasteiger partial charge in [-0.15, -0.1) is 0 Å². The number of hydrogen-bond acceptors (Lipinski definition) is 4. The minimum atomic E-state index is 0.0320. The fourth-order valence-corrected chi connectivity index (χ4v) is 3.73. The molecule has 0 unspecified atom stereocenters. The lowest BCUT2D eigenvalue weighted by Crippen LogP contribution is -2.49. The second kappa shape index (κ2) is 8.76. The van der Waals surface area contributed by atoms with Crippen LogP contribution >= 0.6 is 11.6 Å². The predicted octanol–water partition coefficient (Wildman–Crippen LogP) is 3.67. The van der Waals surface area contributed by atoms with Gasteiger partial charge in [0.15, 0.2) is 0 Å². The summed E-state index contributed by atoms with van der Waals surface area (Å²) in [5.74, 6) is 1.62. The Morgan fingerprint density at radius 1 is 1.07 bits per heavy atom. The summed E-state index contributed by atoms with van der Waals surface area (Å²) in [4.78, 5) is 20.2. The molecule has 0 saturated carbocycles. The SMILES string of the molecule is COc1cccc(OCCN2CCN(C(=O)c3cc4cc(Cl)ccc4[nH]3)CC2)c1. The van der Waals surface area contributed by atoms with Crippen molar-refractivity contribution in [2.75, 3.05) is 46.4 Å². The lowest BCUT2D eigenvalue weighted by Gasteiger charge is -2.34. The number of fused-ring (bicyclic) bond motifs is 1. The van der Waals surface area contributed by atoms with E-state index in [1.807, 2.05) is 53.4 Å². The predicted molar refractivity (Wildman–Crippen MR) is 114 cm³/mol. The molecule has 2 aromatic carbocycles. The zero-order chi connectivity index (χ0) is 20.2. The van der Waals surface area contributed by atoms with E-state index < -0.39 is 0 Å². The van der Waals surface area contributed by atoms with Crippen LogP contribution in [0.1, 0.15) is 10.5 Å². The molecular formula is C22H24ClN3O3. The Labute approximate surface area is 175 Å². The monoisotopic (exact) mass is 413 g/mol. The Bertz CT molecular complexity index is 996. The maximum Gasteiger partial charge on any atom is 0.270 e. The minimum Gasteiger partial charge on any atom is -0.497 e. The minimum absolute atomic E-state index is 0.0320. The van der Waals surface area contributed by atoms with Crippen molar-refractivity contribution in [2.45, 2.75) is 0 Å². The highest BCUT2D eigenvalue weighted by molar-refractivity contribution is 6.31. The van der Waals surface area contributed by atoms with Gasteiger partial charge in [-0.1, -0.05) is 17.7 Å². The summed E-state index contributed by atoms with van der Waals surface area (Å²) in [5, 5.41) is 1.62. The van der Waals surface area contributed by atoms with Crippen LogP contribution in [-0.2, 0) is 0 Å². The van der Waals surface area contributed by atoms with Crippen molar-refractivity contribution in [1.82, 2.24) is 14.8 Å². The highest BCUT2D eigenvalue weighted by atomic mass is 35.5. The molecule has 2 heterocycles. The van der Waals surface area contributed by atoms with Crippen LogP contribution in [0.2, 0.25) is 5.02 Å². The fraction of sp³-hybridized carbons (Fsp3) is 0.318. The van der Waals surface area contributed by atoms with Crippen LogP contribution < -0.4 is 9.47 Å². The number of H-pyrrole nitrogens is 1. The molecule has 0 bridgehead atoms. The molecule has 3 aromatic rings. The smallest absolute Gasteiger partial charge is 0.270 e. The number of methoxy groups -OCH3 is 1. The Balaban J connectivity index is 1.26. The normalized spacial score (nSPS) is 14.9. The summed E-state index contributed by atoms with van der Waals surface area (Å²) in [6.45, 7) is 4.49. The first-order chi connectivity index (χ1) is 14.1. The van der Waals surface area contributed by atoms with Gasteiger partial charge in [0.05, 0.1) is 7.11 Å². The Kier molecular flexibility index (Phi) is 5.92. The Morgan fingerprint density at radius 3 is 2.66 bits per heavy atom. The molecule has 1 fully saturated rings. The molecule has 4 rings (SSSR count). The number of aromatic amines is 1. The lowest BCUT2D eigenvalue weighted by atomic mass is 10.2. The van der Waals surface area contributed by atoms with Crippen LogP contribution in [0, 0.1) is 0 Å². The van der Waals surface area contributed by atoms with Gasteiger partial charge in [-0.2, -0.15) is 0 Å². The van der Waals surface area contributed by atoms with E-state index in [1.54, 1.807) is 7.11 Å². The fourth-order valence-electron chi connectivity index (χ4n) is 3.55. The highest BCUT2D eigenvalue weighted by Crippen LogP contribution is 2.21. The Morgan fingerprint density at radius 2 is 1.86 bits per heavy atom. The summed E-state index contributed by atoms with van der Waals surface area (Å²) in [7, 11) is 1.64. The number of piperazine rings is 1. The number of rotatable bonds is 6. The summed E-state index contributed by atoms with van der Waals surface area (Å²) >= 11 is 6.04. The Hall–Kier alpha value is -2.70. The van der Waals surface area contributed by atoms with E-state index in [2.05, 4.69) is 9.88 Å². The summed E-state index contributed by atoms with van der Waals surface area (Å²) < 4.78 is 11.0. The standard InChI is InChI=1S/C22H24ClN3O3/c1-28-18-3-2-4-19(15-18)29-12-11-25-7-9-26(10-8-25)22(27)21-14-16-13-17(23)5-6-20(16)24-21/h2-6,13-15,24H,7-12H2,1H3. The second-order valence-corrected chi connectivity index (χ2v) is 7.51. The summed E-state index contributed by atoms with van der Waals surface area (Å²) in [6, 6.07) is 15.1. The first-order valence-electron chi connectivity index (χ1n) is 9.69. The molecule has 1 aliphatic heterocycles. The van der Waals surface area contributed by atoms with Gasteiger partial charge < -0.3 is 19.4 Å². The molecule has 6 nitrogen and oxygen atoms in total. The number of halogens is 1. The lowest BCUT2D eigenvalue weighted by molar-refractivity contribution is 0.0615. The van der Waals surface area contributed by atoms with Crippen molar-refractivity contribution >= 4 is 28.4 Å². The zero-order valence-corrected chi connectivity index (χ0v) is 17.1. The van der Waals surface area contributed by atoms with Crippen LogP contribution in [0.3, 0.4) is 0 Å². The van der Waals surface area contributed by atoms with Gasteiger partial charge >= 0.3 is 0 Å². The largest absolute Gasteiger partial charge is 0.497 e. The molecule has 29 heavy (non-hydrogen) atoms. The van der Waals surface area contributed by atoms with E-state index in [1.165, 1.54) is 0 Å². The molecule has 0 spiro atoms. The van der Waals surface area contributed by atoms with Crippen molar-refractivity contribution in [3.05, 3.63) is 59.2 Å². The number of amides is 1. The topological polar surface area (TPSA) is 57.8 Å². The van der Waals surface area contributed by atoms with Gasteiger partial charge in [-0.05, 0) is 36.4 Å². The van der Waals surface area contributed by atoms with Gasteiger partial charge in [0.1, 0.15) is 23.8 Å². The molecule has 0 atom stereocenters. The second-order valence-electron chi connectivity index (χ2n) is 7.08. The molecule has 0 aliphatic carbocycles. The van der Waals surface area contributed by atoms with Crippen LogP contribution in [0.5, 0.6) is 11.5 Å². The molecule has 1 aromatic heterocycles. The quantitative estimate of drug-likeness (QED) is 0.670. The van der Waals surface area contributed by atoms with Crippen molar-refractivity contribution in [2.24, 2.45) is 0 Å². The van der Waals surface area contributed by atoms with Gasteiger partial charge in [-0.25, -0.2) is 0 Å². The van der Waals surface area contributed by atoms with Crippen molar-refractivity contribution in [1.29, 1.82) is 0 Å². The first kappa shape index (κ1) is 19.6. The molecule has 1 amide bonds. The number of carbonyl (C=O) groups excluding carboxylic acids is 1. The van der Waals surface area contributed by atoms with Gasteiger partial charge in [0.2, 0.25) is 0 Å². The van der Waals surface area contributed by atoms with E-state index in [4.69, 9.17) is 21.1 Å². The third-order valence-corrected chi connectivity index (χ3v) is 5.43. The average Bonchev–Trinajstić information content (AvgIpc) is 3.17. The number of carbonyl (C=O) groups is 1. The molecular weight excluding hydrogens is 390 g/mol. The molecule has 1 saturated heterocycles.